The maximum atomic E-state index is 12.9. The first-order valence-corrected chi connectivity index (χ1v) is 11.7. The number of morpholine rings is 1. The topological polar surface area (TPSA) is 70.2 Å². The lowest BCUT2D eigenvalue weighted by Gasteiger charge is -2.34. The van der Waals surface area contributed by atoms with Crippen LogP contribution in [0.25, 0.3) is 0 Å². The maximum absolute atomic E-state index is 12.9. The summed E-state index contributed by atoms with van der Waals surface area (Å²) in [6.07, 6.45) is 0. The Morgan fingerprint density at radius 3 is 2.03 bits per heavy atom. The van der Waals surface area contributed by atoms with Crippen molar-refractivity contribution in [3.63, 3.8) is 0 Å². The van der Waals surface area contributed by atoms with Crippen LogP contribution in [0.5, 0.6) is 0 Å². The molecule has 2 saturated heterocycles. The van der Waals surface area contributed by atoms with Gasteiger partial charge >= 0.3 is 0 Å². The van der Waals surface area contributed by atoms with Crippen molar-refractivity contribution in [2.45, 2.75) is 11.8 Å². The van der Waals surface area contributed by atoms with Crippen LogP contribution in [-0.4, -0.2) is 76.0 Å². The van der Waals surface area contributed by atoms with E-state index in [9.17, 15) is 13.2 Å². The second-order valence-electron chi connectivity index (χ2n) is 7.66. The maximum Gasteiger partial charge on any atom is 0.253 e. The first-order valence-electron chi connectivity index (χ1n) is 10.2. The molecule has 8 heteroatoms. The minimum absolute atomic E-state index is 0.0593. The number of aryl methyl sites for hydroxylation is 1. The van der Waals surface area contributed by atoms with Crippen LogP contribution in [-0.2, 0) is 14.8 Å². The number of piperazine rings is 1. The predicted octanol–water partition coefficient (Wildman–Crippen LogP) is 1.98. The summed E-state index contributed by atoms with van der Waals surface area (Å²) in [4.78, 5) is 17.1. The summed E-state index contributed by atoms with van der Waals surface area (Å²) in [7, 11) is -3.53. The van der Waals surface area contributed by atoms with Gasteiger partial charge in [0.05, 0.1) is 18.1 Å². The molecule has 2 fully saturated rings. The highest BCUT2D eigenvalue weighted by Crippen LogP contribution is 2.21. The average molecular weight is 430 g/mol. The van der Waals surface area contributed by atoms with Gasteiger partial charge in [0.15, 0.2) is 0 Å². The van der Waals surface area contributed by atoms with E-state index in [0.29, 0.717) is 36.6 Å². The number of carbonyl (C=O) groups excluding carboxylic acids is 1. The summed E-state index contributed by atoms with van der Waals surface area (Å²) in [5.74, 6) is -0.0593. The van der Waals surface area contributed by atoms with E-state index in [-0.39, 0.29) is 5.91 Å². The summed E-state index contributed by atoms with van der Waals surface area (Å²) in [5, 5.41) is 0. The molecule has 0 bridgehead atoms. The number of nitrogens with zero attached hydrogens (tertiary/aromatic N) is 3. The Hall–Kier alpha value is -2.42. The second kappa shape index (κ2) is 8.75. The highest BCUT2D eigenvalue weighted by atomic mass is 32.2. The van der Waals surface area contributed by atoms with Crippen LogP contribution < -0.4 is 4.90 Å². The standard InChI is InChI=1S/C22H27N3O4S/c1-18-2-8-21(9-3-18)30(27,28)25-12-10-24(11-13-25)22(26)19-4-6-20(7-5-19)23-14-16-29-17-15-23/h2-9H,10-17H2,1H3. The van der Waals surface area contributed by atoms with Crippen LogP contribution in [0.4, 0.5) is 5.69 Å². The highest BCUT2D eigenvalue weighted by Gasteiger charge is 2.30. The molecule has 30 heavy (non-hydrogen) atoms. The SMILES string of the molecule is Cc1ccc(S(=O)(=O)N2CCN(C(=O)c3ccc(N4CCOCC4)cc3)CC2)cc1. The van der Waals surface area contributed by atoms with Gasteiger partial charge in [-0.25, -0.2) is 8.42 Å². The van der Waals surface area contributed by atoms with E-state index >= 15 is 0 Å². The van der Waals surface area contributed by atoms with Crippen molar-refractivity contribution in [3.8, 4) is 0 Å². The number of anilines is 1. The average Bonchev–Trinajstić information content (AvgIpc) is 2.80. The monoisotopic (exact) mass is 429 g/mol. The Morgan fingerprint density at radius 2 is 1.43 bits per heavy atom. The zero-order chi connectivity index (χ0) is 21.1. The fourth-order valence-electron chi connectivity index (χ4n) is 3.81. The third kappa shape index (κ3) is 4.35. The number of benzene rings is 2. The molecule has 0 atom stereocenters. The summed E-state index contributed by atoms with van der Waals surface area (Å²) >= 11 is 0. The summed E-state index contributed by atoms with van der Waals surface area (Å²) < 4.78 is 32.5. The van der Waals surface area contributed by atoms with Gasteiger partial charge in [0, 0.05) is 50.5 Å². The third-order valence-corrected chi connectivity index (χ3v) is 7.59. The van der Waals surface area contributed by atoms with E-state index in [2.05, 4.69) is 4.90 Å². The van der Waals surface area contributed by atoms with Crippen molar-refractivity contribution in [1.82, 2.24) is 9.21 Å². The number of hydrogen-bond donors (Lipinski definition) is 0. The van der Waals surface area contributed by atoms with E-state index in [0.717, 1.165) is 37.6 Å². The molecule has 2 aromatic carbocycles. The van der Waals surface area contributed by atoms with Crippen molar-refractivity contribution in [1.29, 1.82) is 0 Å². The number of carbonyl (C=O) groups is 1. The first kappa shape index (κ1) is 20.8. The zero-order valence-corrected chi connectivity index (χ0v) is 18.0. The van der Waals surface area contributed by atoms with Crippen molar-refractivity contribution in [3.05, 3.63) is 59.7 Å². The Bertz CT molecular complexity index is 976. The minimum atomic E-state index is -3.53. The molecule has 2 aromatic rings. The minimum Gasteiger partial charge on any atom is -0.378 e. The molecule has 0 aliphatic carbocycles. The molecular formula is C22H27N3O4S. The van der Waals surface area contributed by atoms with Gasteiger partial charge in [0.2, 0.25) is 10.0 Å². The number of amides is 1. The molecule has 7 nitrogen and oxygen atoms in total. The van der Waals surface area contributed by atoms with Crippen molar-refractivity contribution >= 4 is 21.6 Å². The molecular weight excluding hydrogens is 402 g/mol. The van der Waals surface area contributed by atoms with Crippen LogP contribution in [0.2, 0.25) is 0 Å². The van der Waals surface area contributed by atoms with E-state index < -0.39 is 10.0 Å². The largest absolute Gasteiger partial charge is 0.378 e. The van der Waals surface area contributed by atoms with Gasteiger partial charge in [-0.3, -0.25) is 4.79 Å². The molecule has 0 radical (unpaired) electrons. The van der Waals surface area contributed by atoms with Gasteiger partial charge in [-0.1, -0.05) is 17.7 Å². The second-order valence-corrected chi connectivity index (χ2v) is 9.59. The van der Waals surface area contributed by atoms with Gasteiger partial charge in [-0.05, 0) is 43.3 Å². The van der Waals surface area contributed by atoms with E-state index in [1.807, 2.05) is 31.2 Å². The van der Waals surface area contributed by atoms with Gasteiger partial charge in [-0.15, -0.1) is 0 Å². The van der Waals surface area contributed by atoms with Crippen LogP contribution >= 0.6 is 0 Å². The fourth-order valence-corrected chi connectivity index (χ4v) is 5.23. The van der Waals surface area contributed by atoms with Crippen LogP contribution in [0.3, 0.4) is 0 Å². The fraction of sp³-hybridized carbons (Fsp3) is 0.409. The number of hydrogen-bond acceptors (Lipinski definition) is 5. The Morgan fingerprint density at radius 1 is 0.833 bits per heavy atom. The Balaban J connectivity index is 1.37. The molecule has 0 N–H and O–H groups in total. The molecule has 0 aromatic heterocycles. The Labute approximate surface area is 177 Å². The van der Waals surface area contributed by atoms with Crippen LogP contribution in [0.15, 0.2) is 53.4 Å². The third-order valence-electron chi connectivity index (χ3n) is 5.68. The first-order chi connectivity index (χ1) is 14.4. The number of sulfonamides is 1. The van der Waals surface area contributed by atoms with Crippen LogP contribution in [0, 0.1) is 6.92 Å². The lowest BCUT2D eigenvalue weighted by molar-refractivity contribution is 0.0698. The summed E-state index contributed by atoms with van der Waals surface area (Å²) in [6.45, 7) is 6.43. The molecule has 4 rings (SSSR count). The molecule has 160 valence electrons. The molecule has 0 saturated carbocycles. The molecule has 0 spiro atoms. The van der Waals surface area contributed by atoms with Crippen molar-refractivity contribution in [2.75, 3.05) is 57.4 Å². The van der Waals surface area contributed by atoms with E-state index in [1.165, 1.54) is 4.31 Å². The molecule has 2 aliphatic heterocycles. The number of ether oxygens (including phenoxy) is 1. The molecule has 2 aliphatic rings. The number of rotatable bonds is 4. The summed E-state index contributed by atoms with van der Waals surface area (Å²) in [5.41, 5.74) is 2.73. The predicted molar refractivity (Wildman–Crippen MR) is 115 cm³/mol. The van der Waals surface area contributed by atoms with Crippen molar-refractivity contribution < 1.29 is 17.9 Å². The van der Waals surface area contributed by atoms with Gasteiger partial charge in [0.25, 0.3) is 5.91 Å². The quantitative estimate of drug-likeness (QED) is 0.743. The van der Waals surface area contributed by atoms with Crippen LogP contribution in [0.1, 0.15) is 15.9 Å². The van der Waals surface area contributed by atoms with Gasteiger partial charge < -0.3 is 14.5 Å². The lowest BCUT2D eigenvalue weighted by Crippen LogP contribution is -2.50. The normalized spacial score (nSPS) is 18.4. The molecule has 1 amide bonds. The van der Waals surface area contributed by atoms with Crippen molar-refractivity contribution in [2.24, 2.45) is 0 Å². The Kier molecular flexibility index (Phi) is 6.08. The lowest BCUT2D eigenvalue weighted by atomic mass is 10.1. The van der Waals surface area contributed by atoms with Gasteiger partial charge in [-0.2, -0.15) is 4.31 Å². The summed E-state index contributed by atoms with van der Waals surface area (Å²) in [6, 6.07) is 14.5. The molecule has 0 unspecified atom stereocenters. The highest BCUT2D eigenvalue weighted by molar-refractivity contribution is 7.89. The van der Waals surface area contributed by atoms with E-state index in [4.69, 9.17) is 4.74 Å². The van der Waals surface area contributed by atoms with E-state index in [1.54, 1.807) is 29.2 Å². The smallest absolute Gasteiger partial charge is 0.253 e. The van der Waals surface area contributed by atoms with Gasteiger partial charge in [0.1, 0.15) is 0 Å². The zero-order valence-electron chi connectivity index (χ0n) is 17.2. The molecule has 2 heterocycles.